The number of likely N-dealkylation sites (N-methyl/N-ethyl adjacent to an activating group) is 2. The number of amides is 2. The van der Waals surface area contributed by atoms with Gasteiger partial charge in [0.1, 0.15) is 5.92 Å². The molecule has 0 saturated carbocycles. The molecule has 0 bridgehead atoms. The summed E-state index contributed by atoms with van der Waals surface area (Å²) in [6, 6.07) is -0.421. The van der Waals surface area contributed by atoms with Gasteiger partial charge in [-0.25, -0.2) is 4.79 Å². The molecule has 0 aliphatic carbocycles. The summed E-state index contributed by atoms with van der Waals surface area (Å²) in [6.45, 7) is 6.15. The maximum absolute atomic E-state index is 12.7. The molecule has 7 heteroatoms. The lowest BCUT2D eigenvalue weighted by Gasteiger charge is -2.34. The monoisotopic (exact) mass is 299 g/mol. The number of carbonyl (C=O) groups excluding carboxylic acids is 1. The average Bonchev–Trinajstić information content (AvgIpc) is 2.82. The Kier molecular flexibility index (Phi) is 5.41. The molecule has 21 heavy (non-hydrogen) atoms. The number of carboxylic acids is 1. The summed E-state index contributed by atoms with van der Waals surface area (Å²) in [5, 5.41) is 9.26. The number of rotatable bonds is 3. The molecular weight excluding hydrogens is 274 g/mol. The zero-order chi connectivity index (χ0) is 15.4. The molecule has 0 spiro atoms. The number of hydrogen-bond donors (Lipinski definition) is 1. The van der Waals surface area contributed by atoms with E-state index in [4.69, 9.17) is 4.74 Å². The van der Waals surface area contributed by atoms with Crippen molar-refractivity contribution in [2.45, 2.75) is 19.4 Å². The lowest BCUT2D eigenvalue weighted by Crippen LogP contribution is -2.52. The first-order valence-corrected chi connectivity index (χ1v) is 7.59. The maximum atomic E-state index is 12.7. The van der Waals surface area contributed by atoms with Crippen molar-refractivity contribution < 1.29 is 19.4 Å². The van der Waals surface area contributed by atoms with Gasteiger partial charge >= 0.3 is 12.0 Å². The molecule has 120 valence electrons. The average molecular weight is 299 g/mol. The van der Waals surface area contributed by atoms with E-state index in [1.165, 1.54) is 0 Å². The van der Waals surface area contributed by atoms with Gasteiger partial charge in [-0.15, -0.1) is 0 Å². The predicted molar refractivity (Wildman–Crippen MR) is 77.2 cm³/mol. The van der Waals surface area contributed by atoms with E-state index < -0.39 is 11.9 Å². The number of urea groups is 1. The van der Waals surface area contributed by atoms with E-state index in [0.29, 0.717) is 19.7 Å². The standard InChI is InChI=1S/C14H25N3O4/c1-3-17(12-10-21-9-11(12)13(18)19)14(20)16-6-4-5-15(2)7-8-16/h11-12H,3-10H2,1-2H3,(H,18,19). The van der Waals surface area contributed by atoms with Crippen LogP contribution < -0.4 is 0 Å². The van der Waals surface area contributed by atoms with Crippen molar-refractivity contribution in [3.05, 3.63) is 0 Å². The Labute approximate surface area is 125 Å². The van der Waals surface area contributed by atoms with Crippen LogP contribution in [0, 0.1) is 5.92 Å². The highest BCUT2D eigenvalue weighted by Crippen LogP contribution is 2.21. The fraction of sp³-hybridized carbons (Fsp3) is 0.857. The van der Waals surface area contributed by atoms with Crippen molar-refractivity contribution in [2.75, 3.05) is 53.0 Å². The highest BCUT2D eigenvalue weighted by atomic mass is 16.5. The van der Waals surface area contributed by atoms with E-state index in [-0.39, 0.29) is 18.7 Å². The fourth-order valence-electron chi connectivity index (χ4n) is 3.02. The second-order valence-corrected chi connectivity index (χ2v) is 5.76. The lowest BCUT2D eigenvalue weighted by molar-refractivity contribution is -0.142. The smallest absolute Gasteiger partial charge is 0.320 e. The van der Waals surface area contributed by atoms with Crippen molar-refractivity contribution in [3.63, 3.8) is 0 Å². The van der Waals surface area contributed by atoms with Gasteiger partial charge in [0.25, 0.3) is 0 Å². The molecule has 2 aliphatic heterocycles. The molecule has 2 fully saturated rings. The summed E-state index contributed by atoms with van der Waals surface area (Å²) in [6.07, 6.45) is 0.948. The minimum Gasteiger partial charge on any atom is -0.481 e. The molecule has 1 N–H and O–H groups in total. The van der Waals surface area contributed by atoms with E-state index in [2.05, 4.69) is 11.9 Å². The molecular formula is C14H25N3O4. The molecule has 2 saturated heterocycles. The van der Waals surface area contributed by atoms with Gasteiger partial charge in [-0.3, -0.25) is 4.79 Å². The Morgan fingerprint density at radius 1 is 1.24 bits per heavy atom. The van der Waals surface area contributed by atoms with E-state index in [1.54, 1.807) is 4.90 Å². The van der Waals surface area contributed by atoms with Crippen LogP contribution in [0.5, 0.6) is 0 Å². The van der Waals surface area contributed by atoms with Crippen molar-refractivity contribution >= 4 is 12.0 Å². The van der Waals surface area contributed by atoms with Gasteiger partial charge in [0.05, 0.1) is 19.3 Å². The van der Waals surface area contributed by atoms with Crippen LogP contribution in [-0.2, 0) is 9.53 Å². The Hall–Kier alpha value is -1.34. The van der Waals surface area contributed by atoms with Crippen LogP contribution in [0.3, 0.4) is 0 Å². The summed E-state index contributed by atoms with van der Waals surface area (Å²) in [4.78, 5) is 29.7. The van der Waals surface area contributed by atoms with Crippen molar-refractivity contribution in [3.8, 4) is 0 Å². The van der Waals surface area contributed by atoms with E-state index in [9.17, 15) is 14.7 Å². The SMILES string of the molecule is CCN(C(=O)N1CCCN(C)CC1)C1COCC1C(=O)O. The van der Waals surface area contributed by atoms with E-state index in [0.717, 1.165) is 26.1 Å². The Morgan fingerprint density at radius 3 is 2.67 bits per heavy atom. The van der Waals surface area contributed by atoms with Gasteiger partial charge in [0.2, 0.25) is 0 Å². The maximum Gasteiger partial charge on any atom is 0.320 e. The quantitative estimate of drug-likeness (QED) is 0.804. The first kappa shape index (κ1) is 16.0. The molecule has 0 aromatic heterocycles. The first-order chi connectivity index (χ1) is 10.0. The lowest BCUT2D eigenvalue weighted by atomic mass is 10.0. The molecule has 2 atom stereocenters. The summed E-state index contributed by atoms with van der Waals surface area (Å²) >= 11 is 0. The van der Waals surface area contributed by atoms with Crippen LogP contribution in [0.25, 0.3) is 0 Å². The van der Waals surface area contributed by atoms with Crippen LogP contribution in [0.15, 0.2) is 0 Å². The summed E-state index contributed by atoms with van der Waals surface area (Å²) in [5.74, 6) is -1.51. The molecule has 0 aromatic carbocycles. The number of carboxylic acid groups (broad SMARTS) is 1. The van der Waals surface area contributed by atoms with Gasteiger partial charge < -0.3 is 24.5 Å². The molecule has 2 rings (SSSR count). The van der Waals surface area contributed by atoms with Gasteiger partial charge in [-0.1, -0.05) is 0 Å². The van der Waals surface area contributed by atoms with E-state index in [1.807, 2.05) is 11.8 Å². The van der Waals surface area contributed by atoms with Crippen LogP contribution >= 0.6 is 0 Å². The molecule has 2 heterocycles. The first-order valence-electron chi connectivity index (χ1n) is 7.59. The molecule has 2 unspecified atom stereocenters. The Balaban J connectivity index is 2.05. The predicted octanol–water partition coefficient (Wildman–Crippen LogP) is 0.165. The summed E-state index contributed by atoms with van der Waals surface area (Å²) < 4.78 is 5.29. The van der Waals surface area contributed by atoms with Gasteiger partial charge in [-0.2, -0.15) is 0 Å². The largest absolute Gasteiger partial charge is 0.481 e. The van der Waals surface area contributed by atoms with Crippen LogP contribution in [0.2, 0.25) is 0 Å². The van der Waals surface area contributed by atoms with Crippen molar-refractivity contribution in [1.82, 2.24) is 14.7 Å². The van der Waals surface area contributed by atoms with Gasteiger partial charge in [0.15, 0.2) is 0 Å². The number of carbonyl (C=O) groups is 2. The normalized spacial score (nSPS) is 27.4. The highest BCUT2D eigenvalue weighted by Gasteiger charge is 2.40. The number of nitrogens with zero attached hydrogens (tertiary/aromatic N) is 3. The third-order valence-corrected chi connectivity index (χ3v) is 4.34. The highest BCUT2D eigenvalue weighted by molar-refractivity contribution is 5.77. The van der Waals surface area contributed by atoms with Gasteiger partial charge in [0, 0.05) is 26.2 Å². The van der Waals surface area contributed by atoms with Crippen LogP contribution in [-0.4, -0.2) is 90.8 Å². The number of aliphatic carboxylic acids is 1. The fourth-order valence-corrected chi connectivity index (χ4v) is 3.02. The van der Waals surface area contributed by atoms with Crippen molar-refractivity contribution in [1.29, 1.82) is 0 Å². The number of ether oxygens (including phenoxy) is 1. The Bertz CT molecular complexity index is 390. The Morgan fingerprint density at radius 2 is 2.00 bits per heavy atom. The van der Waals surface area contributed by atoms with Crippen LogP contribution in [0.4, 0.5) is 4.79 Å². The molecule has 0 aromatic rings. The third-order valence-electron chi connectivity index (χ3n) is 4.34. The summed E-state index contributed by atoms with van der Waals surface area (Å²) in [5.41, 5.74) is 0. The zero-order valence-electron chi connectivity index (χ0n) is 12.8. The third kappa shape index (κ3) is 3.65. The molecule has 2 amide bonds. The van der Waals surface area contributed by atoms with Gasteiger partial charge in [-0.05, 0) is 26.9 Å². The second-order valence-electron chi connectivity index (χ2n) is 5.76. The van der Waals surface area contributed by atoms with Crippen LogP contribution in [0.1, 0.15) is 13.3 Å². The van der Waals surface area contributed by atoms with Crippen molar-refractivity contribution in [2.24, 2.45) is 5.92 Å². The minimum atomic E-state index is -0.889. The molecule has 7 nitrogen and oxygen atoms in total. The second kappa shape index (κ2) is 7.09. The van der Waals surface area contributed by atoms with E-state index >= 15 is 0 Å². The molecule has 0 radical (unpaired) electrons. The zero-order valence-corrected chi connectivity index (χ0v) is 12.8. The molecule has 2 aliphatic rings. The topological polar surface area (TPSA) is 73.3 Å². The summed E-state index contributed by atoms with van der Waals surface area (Å²) in [7, 11) is 2.05. The number of hydrogen-bond acceptors (Lipinski definition) is 4. The minimum absolute atomic E-state index is 0.0606.